The standard InChI is InChI=1S/C14H13NO8/c16-8-5-9(17)7-10(6-8)22-13(20)3-4-14(21)23-15-11(18)1-2-12(15)19/h5-7,16-17H,1-4H2. The molecule has 0 saturated carbocycles. The van der Waals surface area contributed by atoms with Crippen LogP contribution in [0.5, 0.6) is 17.2 Å². The lowest BCUT2D eigenvalue weighted by Crippen LogP contribution is -2.32. The summed E-state index contributed by atoms with van der Waals surface area (Å²) in [7, 11) is 0. The van der Waals surface area contributed by atoms with Crippen LogP contribution in [0, 0.1) is 0 Å². The first kappa shape index (κ1) is 16.3. The summed E-state index contributed by atoms with van der Waals surface area (Å²) in [6, 6.07) is 3.27. The highest BCUT2D eigenvalue weighted by atomic mass is 16.7. The molecular formula is C14H13NO8. The van der Waals surface area contributed by atoms with Crippen molar-refractivity contribution < 1.29 is 39.0 Å². The van der Waals surface area contributed by atoms with Crippen LogP contribution in [-0.4, -0.2) is 39.0 Å². The third-order valence-electron chi connectivity index (χ3n) is 2.84. The van der Waals surface area contributed by atoms with Crippen molar-refractivity contribution in [3.63, 3.8) is 0 Å². The average Bonchev–Trinajstić information content (AvgIpc) is 2.76. The first-order valence-electron chi connectivity index (χ1n) is 6.65. The zero-order chi connectivity index (χ0) is 17.0. The van der Waals surface area contributed by atoms with Crippen LogP contribution in [0.1, 0.15) is 25.7 Å². The number of ether oxygens (including phenoxy) is 1. The predicted molar refractivity (Wildman–Crippen MR) is 71.8 cm³/mol. The summed E-state index contributed by atoms with van der Waals surface area (Å²) in [4.78, 5) is 50.2. The Labute approximate surface area is 130 Å². The quantitative estimate of drug-likeness (QED) is 0.452. The van der Waals surface area contributed by atoms with Crippen molar-refractivity contribution in [2.45, 2.75) is 25.7 Å². The van der Waals surface area contributed by atoms with Crippen molar-refractivity contribution in [3.05, 3.63) is 18.2 Å². The van der Waals surface area contributed by atoms with Gasteiger partial charge < -0.3 is 19.8 Å². The fourth-order valence-corrected chi connectivity index (χ4v) is 1.82. The largest absolute Gasteiger partial charge is 0.508 e. The summed E-state index contributed by atoms with van der Waals surface area (Å²) in [6.07, 6.45) is -0.809. The van der Waals surface area contributed by atoms with Gasteiger partial charge in [0, 0.05) is 31.0 Å². The Morgan fingerprint density at radius 2 is 1.48 bits per heavy atom. The number of carbonyl (C=O) groups excluding carboxylic acids is 4. The Morgan fingerprint density at radius 3 is 2.04 bits per heavy atom. The summed E-state index contributed by atoms with van der Waals surface area (Å²) in [6.45, 7) is 0. The molecule has 0 unspecified atom stereocenters. The van der Waals surface area contributed by atoms with E-state index in [0.717, 1.165) is 18.2 Å². The summed E-state index contributed by atoms with van der Waals surface area (Å²) >= 11 is 0. The van der Waals surface area contributed by atoms with Crippen LogP contribution in [0.15, 0.2) is 18.2 Å². The molecule has 0 aromatic heterocycles. The number of imide groups is 1. The molecule has 1 fully saturated rings. The molecule has 1 aromatic carbocycles. The van der Waals surface area contributed by atoms with Gasteiger partial charge in [-0.05, 0) is 0 Å². The third-order valence-corrected chi connectivity index (χ3v) is 2.84. The Balaban J connectivity index is 1.81. The maximum absolute atomic E-state index is 11.6. The van der Waals surface area contributed by atoms with E-state index in [-0.39, 0.29) is 36.5 Å². The van der Waals surface area contributed by atoms with Crippen LogP contribution >= 0.6 is 0 Å². The van der Waals surface area contributed by atoms with Gasteiger partial charge in [0.15, 0.2) is 0 Å². The molecule has 0 spiro atoms. The third kappa shape index (κ3) is 4.43. The fraction of sp³-hybridized carbons (Fsp3) is 0.286. The number of benzene rings is 1. The van der Waals surface area contributed by atoms with Gasteiger partial charge in [0.2, 0.25) is 0 Å². The van der Waals surface area contributed by atoms with E-state index >= 15 is 0 Å². The molecular weight excluding hydrogens is 310 g/mol. The van der Waals surface area contributed by atoms with E-state index in [1.54, 1.807) is 0 Å². The summed E-state index contributed by atoms with van der Waals surface area (Å²) in [5, 5.41) is 18.9. The SMILES string of the molecule is O=C(CCC(=O)ON1C(=O)CCC1=O)Oc1cc(O)cc(O)c1. The van der Waals surface area contributed by atoms with Gasteiger partial charge in [-0.2, -0.15) is 0 Å². The number of esters is 1. The van der Waals surface area contributed by atoms with Crippen molar-refractivity contribution in [2.75, 3.05) is 0 Å². The van der Waals surface area contributed by atoms with Crippen molar-refractivity contribution in [1.29, 1.82) is 0 Å². The van der Waals surface area contributed by atoms with E-state index in [2.05, 4.69) is 4.84 Å². The number of amides is 2. The number of phenols is 2. The Kier molecular flexibility index (Phi) is 4.79. The number of rotatable bonds is 5. The van der Waals surface area contributed by atoms with Crippen molar-refractivity contribution in [2.24, 2.45) is 0 Å². The highest BCUT2D eigenvalue weighted by Gasteiger charge is 2.32. The lowest BCUT2D eigenvalue weighted by atomic mass is 10.3. The molecule has 23 heavy (non-hydrogen) atoms. The molecule has 1 aromatic rings. The normalized spacial score (nSPS) is 14.0. The average molecular weight is 323 g/mol. The van der Waals surface area contributed by atoms with Gasteiger partial charge in [-0.15, -0.1) is 5.06 Å². The maximum Gasteiger partial charge on any atom is 0.333 e. The molecule has 1 saturated heterocycles. The molecule has 0 aliphatic carbocycles. The van der Waals surface area contributed by atoms with E-state index in [1.807, 2.05) is 0 Å². The fourth-order valence-electron chi connectivity index (χ4n) is 1.82. The number of aromatic hydroxyl groups is 2. The molecule has 0 atom stereocenters. The minimum absolute atomic E-state index is 0.0187. The molecule has 2 amide bonds. The molecule has 1 aliphatic rings. The lowest BCUT2D eigenvalue weighted by molar-refractivity contribution is -0.197. The van der Waals surface area contributed by atoms with E-state index in [4.69, 9.17) is 4.74 Å². The monoisotopic (exact) mass is 323 g/mol. The zero-order valence-corrected chi connectivity index (χ0v) is 11.9. The van der Waals surface area contributed by atoms with Crippen LogP contribution in [0.25, 0.3) is 0 Å². The van der Waals surface area contributed by atoms with Crippen LogP contribution in [0.3, 0.4) is 0 Å². The second-order valence-electron chi connectivity index (χ2n) is 4.70. The number of phenolic OH excluding ortho intramolecular Hbond substituents is 2. The molecule has 9 nitrogen and oxygen atoms in total. The molecule has 2 rings (SSSR count). The summed E-state index contributed by atoms with van der Waals surface area (Å²) in [5.41, 5.74) is 0. The Bertz CT molecular complexity index is 632. The first-order chi connectivity index (χ1) is 10.8. The van der Waals surface area contributed by atoms with E-state index in [1.165, 1.54) is 0 Å². The summed E-state index contributed by atoms with van der Waals surface area (Å²) in [5.74, 6) is -3.64. The van der Waals surface area contributed by atoms with Crippen molar-refractivity contribution >= 4 is 23.8 Å². The highest BCUT2D eigenvalue weighted by molar-refractivity contribution is 6.01. The number of hydrogen-bond donors (Lipinski definition) is 2. The van der Waals surface area contributed by atoms with Crippen LogP contribution < -0.4 is 4.74 Å². The minimum Gasteiger partial charge on any atom is -0.508 e. The predicted octanol–water partition coefficient (Wildman–Crippen LogP) is 0.391. The van der Waals surface area contributed by atoms with Gasteiger partial charge >= 0.3 is 11.9 Å². The Hall–Kier alpha value is -3.10. The number of hydroxylamine groups is 2. The highest BCUT2D eigenvalue weighted by Crippen LogP contribution is 2.26. The number of carbonyl (C=O) groups is 4. The second kappa shape index (κ2) is 6.77. The molecule has 0 bridgehead atoms. The Morgan fingerprint density at radius 1 is 0.957 bits per heavy atom. The smallest absolute Gasteiger partial charge is 0.333 e. The van der Waals surface area contributed by atoms with Gasteiger partial charge in [-0.3, -0.25) is 14.4 Å². The molecule has 9 heteroatoms. The molecule has 1 heterocycles. The van der Waals surface area contributed by atoms with Crippen LogP contribution in [-0.2, 0) is 24.0 Å². The van der Waals surface area contributed by atoms with Gasteiger partial charge in [-0.25, -0.2) is 4.79 Å². The van der Waals surface area contributed by atoms with E-state index in [9.17, 15) is 29.4 Å². The van der Waals surface area contributed by atoms with E-state index in [0.29, 0.717) is 5.06 Å². The zero-order valence-electron chi connectivity index (χ0n) is 11.9. The van der Waals surface area contributed by atoms with Gasteiger partial charge in [0.25, 0.3) is 11.8 Å². The maximum atomic E-state index is 11.6. The van der Waals surface area contributed by atoms with Gasteiger partial charge in [0.05, 0.1) is 12.8 Å². The topological polar surface area (TPSA) is 130 Å². The molecule has 122 valence electrons. The van der Waals surface area contributed by atoms with Gasteiger partial charge in [0.1, 0.15) is 17.2 Å². The summed E-state index contributed by atoms with van der Waals surface area (Å²) < 4.78 is 4.82. The number of hydrogen-bond acceptors (Lipinski definition) is 8. The molecule has 0 radical (unpaired) electrons. The number of nitrogens with zero attached hydrogens (tertiary/aromatic N) is 1. The van der Waals surface area contributed by atoms with Crippen molar-refractivity contribution in [1.82, 2.24) is 5.06 Å². The van der Waals surface area contributed by atoms with Crippen LogP contribution in [0.4, 0.5) is 0 Å². The first-order valence-corrected chi connectivity index (χ1v) is 6.65. The molecule has 1 aliphatic heterocycles. The van der Waals surface area contributed by atoms with Crippen LogP contribution in [0.2, 0.25) is 0 Å². The molecule has 2 N–H and O–H groups in total. The minimum atomic E-state index is -0.927. The van der Waals surface area contributed by atoms with Gasteiger partial charge in [-0.1, -0.05) is 0 Å². The van der Waals surface area contributed by atoms with E-state index < -0.39 is 30.2 Å². The van der Waals surface area contributed by atoms with Crippen molar-refractivity contribution in [3.8, 4) is 17.2 Å². The lowest BCUT2D eigenvalue weighted by Gasteiger charge is -2.12. The second-order valence-corrected chi connectivity index (χ2v) is 4.70.